The molecule has 0 radical (unpaired) electrons. The van der Waals surface area contributed by atoms with E-state index in [1.54, 1.807) is 0 Å². The van der Waals surface area contributed by atoms with Crippen LogP contribution >= 0.6 is 0 Å². The van der Waals surface area contributed by atoms with Crippen molar-refractivity contribution in [3.8, 4) is 0 Å². The van der Waals surface area contributed by atoms with Gasteiger partial charge in [-0.3, -0.25) is 4.79 Å². The minimum absolute atomic E-state index is 0.119. The molecule has 0 aliphatic carbocycles. The van der Waals surface area contributed by atoms with E-state index in [1.807, 2.05) is 0 Å². The predicted octanol–water partition coefficient (Wildman–Crippen LogP) is 4.68. The summed E-state index contributed by atoms with van der Waals surface area (Å²) in [6.45, 7) is 15.2. The molecule has 0 saturated carbocycles. The van der Waals surface area contributed by atoms with Crippen molar-refractivity contribution in [3.63, 3.8) is 0 Å². The molecule has 0 aliphatic rings. The highest BCUT2D eigenvalue weighted by Crippen LogP contribution is 2.38. The average Bonchev–Trinajstić information content (AvgIpc) is 2.22. The molecule has 114 valence electrons. The smallest absolute Gasteiger partial charge is 0.305 e. The summed E-state index contributed by atoms with van der Waals surface area (Å²) in [5.41, 5.74) is 0. The van der Waals surface area contributed by atoms with Crippen molar-refractivity contribution in [2.24, 2.45) is 5.92 Å². The molecule has 0 saturated heterocycles. The molecule has 4 heteroatoms. The molecule has 0 rings (SSSR count). The van der Waals surface area contributed by atoms with E-state index in [1.165, 1.54) is 0 Å². The zero-order valence-corrected chi connectivity index (χ0v) is 14.7. The summed E-state index contributed by atoms with van der Waals surface area (Å²) in [5.74, 6) is -0.447. The number of carboxylic acid groups (broad SMARTS) is 1. The lowest BCUT2D eigenvalue weighted by Crippen LogP contribution is -2.46. The number of aliphatic carboxylic acids is 1. The van der Waals surface area contributed by atoms with Gasteiger partial charge in [0.25, 0.3) is 0 Å². The third-order valence-electron chi connectivity index (χ3n) is 4.28. The van der Waals surface area contributed by atoms with Gasteiger partial charge >= 0.3 is 5.97 Å². The van der Waals surface area contributed by atoms with Crippen molar-refractivity contribution in [1.29, 1.82) is 0 Å². The summed E-state index contributed by atoms with van der Waals surface area (Å²) in [6, 6.07) is 0. The van der Waals surface area contributed by atoms with Crippen LogP contribution in [-0.4, -0.2) is 25.5 Å². The maximum Gasteiger partial charge on any atom is 0.305 e. The largest absolute Gasteiger partial charge is 0.481 e. The van der Waals surface area contributed by atoms with Crippen molar-refractivity contribution in [2.75, 3.05) is 0 Å². The van der Waals surface area contributed by atoms with Crippen LogP contribution in [0.4, 0.5) is 0 Å². The van der Waals surface area contributed by atoms with Gasteiger partial charge in [-0.15, -0.1) is 0 Å². The van der Waals surface area contributed by atoms with Crippen molar-refractivity contribution in [3.05, 3.63) is 0 Å². The Hall–Kier alpha value is -0.353. The van der Waals surface area contributed by atoms with Crippen LogP contribution in [0.1, 0.15) is 60.3 Å². The fourth-order valence-corrected chi connectivity index (χ4v) is 3.22. The Labute approximate surface area is 119 Å². The second-order valence-electron chi connectivity index (χ2n) is 7.13. The normalized spacial score (nSPS) is 16.2. The van der Waals surface area contributed by atoms with Gasteiger partial charge in [-0.05, 0) is 30.5 Å². The van der Waals surface area contributed by atoms with Gasteiger partial charge in [0.1, 0.15) is 0 Å². The van der Waals surface area contributed by atoms with Crippen LogP contribution in [0.5, 0.6) is 0 Å². The van der Waals surface area contributed by atoms with E-state index in [2.05, 4.69) is 47.7 Å². The van der Waals surface area contributed by atoms with Crippen LogP contribution < -0.4 is 0 Å². The lowest BCUT2D eigenvalue weighted by molar-refractivity contribution is -0.139. The topological polar surface area (TPSA) is 46.5 Å². The summed E-state index contributed by atoms with van der Waals surface area (Å²) in [5, 5.41) is 9.21. The number of carboxylic acids is 1. The number of hydrogen-bond acceptors (Lipinski definition) is 2. The van der Waals surface area contributed by atoms with E-state index < -0.39 is 14.3 Å². The molecular formula is C15H32O3Si. The zero-order chi connectivity index (χ0) is 15.3. The van der Waals surface area contributed by atoms with Gasteiger partial charge in [0.05, 0.1) is 12.5 Å². The zero-order valence-electron chi connectivity index (χ0n) is 13.7. The number of rotatable bonds is 8. The Kier molecular flexibility index (Phi) is 7.30. The summed E-state index contributed by atoms with van der Waals surface area (Å²) in [4.78, 5) is 11.1. The van der Waals surface area contributed by atoms with Crippen LogP contribution in [0, 0.1) is 5.92 Å². The van der Waals surface area contributed by atoms with E-state index in [0.29, 0.717) is 5.92 Å². The molecule has 0 heterocycles. The van der Waals surface area contributed by atoms with Crippen LogP contribution in [0.25, 0.3) is 0 Å². The number of carbonyl (C=O) groups is 1. The average molecular weight is 289 g/mol. The first kappa shape index (κ1) is 18.6. The monoisotopic (exact) mass is 288 g/mol. The van der Waals surface area contributed by atoms with E-state index in [9.17, 15) is 4.79 Å². The fourth-order valence-electron chi connectivity index (χ4n) is 1.80. The Balaban J connectivity index is 4.81. The molecule has 0 amide bonds. The molecule has 1 N–H and O–H groups in total. The van der Waals surface area contributed by atoms with E-state index in [4.69, 9.17) is 9.53 Å². The molecule has 19 heavy (non-hydrogen) atoms. The van der Waals surface area contributed by atoms with Gasteiger partial charge < -0.3 is 9.53 Å². The SMILES string of the molecule is CCCC[C@H](C)[C@H](CC(=O)O)O[Si](C)(C)C(C)(C)C. The van der Waals surface area contributed by atoms with Crippen molar-refractivity contribution in [1.82, 2.24) is 0 Å². The maximum absolute atomic E-state index is 11.1. The first-order valence-electron chi connectivity index (χ1n) is 7.41. The lowest BCUT2D eigenvalue weighted by atomic mass is 9.96. The summed E-state index contributed by atoms with van der Waals surface area (Å²) >= 11 is 0. The number of hydrogen-bond donors (Lipinski definition) is 1. The minimum atomic E-state index is -1.90. The van der Waals surface area contributed by atoms with Crippen LogP contribution in [0.2, 0.25) is 18.1 Å². The molecule has 3 nitrogen and oxygen atoms in total. The molecule has 0 aromatic carbocycles. The van der Waals surface area contributed by atoms with Crippen molar-refractivity contribution in [2.45, 2.75) is 84.5 Å². The third-order valence-corrected chi connectivity index (χ3v) is 8.78. The predicted molar refractivity (Wildman–Crippen MR) is 83.0 cm³/mol. The van der Waals surface area contributed by atoms with Gasteiger partial charge in [0.2, 0.25) is 0 Å². The summed E-state index contributed by atoms with van der Waals surface area (Å²) in [6.07, 6.45) is 3.30. The molecule has 0 fully saturated rings. The minimum Gasteiger partial charge on any atom is -0.481 e. The Morgan fingerprint density at radius 2 is 1.84 bits per heavy atom. The van der Waals surface area contributed by atoms with E-state index in [0.717, 1.165) is 19.3 Å². The first-order valence-corrected chi connectivity index (χ1v) is 10.3. The highest BCUT2D eigenvalue weighted by atomic mass is 28.4. The van der Waals surface area contributed by atoms with Crippen LogP contribution in [0.15, 0.2) is 0 Å². The van der Waals surface area contributed by atoms with Crippen LogP contribution in [-0.2, 0) is 9.22 Å². The van der Waals surface area contributed by atoms with E-state index >= 15 is 0 Å². The Bertz CT molecular complexity index is 282. The van der Waals surface area contributed by atoms with E-state index in [-0.39, 0.29) is 17.6 Å². The molecular weight excluding hydrogens is 256 g/mol. The maximum atomic E-state index is 11.1. The fraction of sp³-hybridized carbons (Fsp3) is 0.933. The van der Waals surface area contributed by atoms with Gasteiger partial charge in [-0.1, -0.05) is 47.5 Å². The van der Waals surface area contributed by atoms with Gasteiger partial charge in [-0.25, -0.2) is 0 Å². The van der Waals surface area contributed by atoms with Crippen molar-refractivity contribution >= 4 is 14.3 Å². The Morgan fingerprint density at radius 3 is 2.21 bits per heavy atom. The second kappa shape index (κ2) is 7.43. The molecule has 0 bridgehead atoms. The molecule has 0 unspecified atom stereocenters. The van der Waals surface area contributed by atoms with Gasteiger partial charge in [0.15, 0.2) is 8.32 Å². The number of unbranched alkanes of at least 4 members (excludes halogenated alkanes) is 1. The Morgan fingerprint density at radius 1 is 1.32 bits per heavy atom. The highest BCUT2D eigenvalue weighted by molar-refractivity contribution is 6.74. The molecule has 2 atom stereocenters. The highest BCUT2D eigenvalue weighted by Gasteiger charge is 2.40. The summed E-state index contributed by atoms with van der Waals surface area (Å²) < 4.78 is 6.33. The first-order chi connectivity index (χ1) is 8.51. The standard InChI is InChI=1S/C15H32O3Si/c1-8-9-10-12(2)13(11-14(16)17)18-19(6,7)15(3,4)5/h12-13H,8-11H2,1-7H3,(H,16,17)/t12-,13-/m0/s1. The summed E-state index contributed by atoms with van der Waals surface area (Å²) in [7, 11) is -1.90. The quantitative estimate of drug-likeness (QED) is 0.660. The van der Waals surface area contributed by atoms with Gasteiger partial charge in [-0.2, -0.15) is 0 Å². The molecule has 0 spiro atoms. The molecule has 0 aliphatic heterocycles. The third kappa shape index (κ3) is 6.57. The van der Waals surface area contributed by atoms with Gasteiger partial charge in [0, 0.05) is 0 Å². The molecule has 0 aromatic heterocycles. The molecule has 0 aromatic rings. The second-order valence-corrected chi connectivity index (χ2v) is 11.9. The van der Waals surface area contributed by atoms with Crippen LogP contribution in [0.3, 0.4) is 0 Å². The van der Waals surface area contributed by atoms with Crippen molar-refractivity contribution < 1.29 is 14.3 Å². The lowest BCUT2D eigenvalue weighted by Gasteiger charge is -2.40.